The lowest BCUT2D eigenvalue weighted by Crippen LogP contribution is -2.73. The first-order chi connectivity index (χ1) is 5.37. The van der Waals surface area contributed by atoms with Gasteiger partial charge in [0.1, 0.15) is 5.60 Å². The van der Waals surface area contributed by atoms with E-state index in [9.17, 15) is 0 Å². The number of nitrogens with one attached hydrogen (secondary N) is 2. The average Bonchev–Trinajstić information content (AvgIpc) is 2.01. The highest BCUT2D eigenvalue weighted by Crippen LogP contribution is 2.25. The molecule has 2 N–H and O–H groups in total. The molecular weight excluding hydrogens is 140 g/mol. The number of rotatable bonds is 1. The topological polar surface area (TPSA) is 33.3 Å². The van der Waals surface area contributed by atoms with Crippen molar-refractivity contribution in [2.24, 2.45) is 0 Å². The molecule has 3 nitrogen and oxygen atoms in total. The van der Waals surface area contributed by atoms with E-state index in [0.29, 0.717) is 6.04 Å². The van der Waals surface area contributed by atoms with E-state index in [2.05, 4.69) is 17.6 Å². The Bertz CT molecular complexity index is 145. The van der Waals surface area contributed by atoms with Gasteiger partial charge in [-0.05, 0) is 6.42 Å². The highest BCUT2D eigenvalue weighted by molar-refractivity contribution is 5.04. The van der Waals surface area contributed by atoms with Crippen molar-refractivity contribution in [3.63, 3.8) is 0 Å². The van der Waals surface area contributed by atoms with Crippen molar-refractivity contribution in [3.8, 4) is 0 Å². The summed E-state index contributed by atoms with van der Waals surface area (Å²) in [5.74, 6) is 0. The maximum Gasteiger partial charge on any atom is 0.108 e. The predicted octanol–water partition coefficient (Wildman–Crippen LogP) is -0.273. The second-order valence-electron chi connectivity index (χ2n) is 3.43. The molecule has 0 aromatic carbocycles. The standard InChI is InChI=1S/C8H16N2O/c1-2-7-8(5-9-6-8)11-4-3-10-7/h7,9-10H,2-6H2,1H3. The summed E-state index contributed by atoms with van der Waals surface area (Å²) in [6.07, 6.45) is 1.17. The van der Waals surface area contributed by atoms with Crippen LogP contribution in [0.3, 0.4) is 0 Å². The molecule has 0 radical (unpaired) electrons. The normalized spacial score (nSPS) is 35.2. The van der Waals surface area contributed by atoms with Gasteiger partial charge in [0.05, 0.1) is 6.61 Å². The van der Waals surface area contributed by atoms with Gasteiger partial charge in [-0.15, -0.1) is 0 Å². The van der Waals surface area contributed by atoms with Gasteiger partial charge in [-0.3, -0.25) is 0 Å². The third kappa shape index (κ3) is 1.08. The maximum atomic E-state index is 5.78. The van der Waals surface area contributed by atoms with E-state index in [4.69, 9.17) is 4.74 Å². The van der Waals surface area contributed by atoms with E-state index >= 15 is 0 Å². The highest BCUT2D eigenvalue weighted by Gasteiger charge is 2.46. The number of ether oxygens (including phenoxy) is 1. The first-order valence-electron chi connectivity index (χ1n) is 4.45. The van der Waals surface area contributed by atoms with Gasteiger partial charge in [0.25, 0.3) is 0 Å². The summed E-state index contributed by atoms with van der Waals surface area (Å²) < 4.78 is 5.78. The Morgan fingerprint density at radius 3 is 2.82 bits per heavy atom. The Labute approximate surface area is 67.5 Å². The minimum Gasteiger partial charge on any atom is -0.369 e. The molecule has 1 atom stereocenters. The Kier molecular flexibility index (Phi) is 1.87. The summed E-state index contributed by atoms with van der Waals surface area (Å²) in [5.41, 5.74) is 0.146. The lowest BCUT2D eigenvalue weighted by Gasteiger charge is -2.50. The van der Waals surface area contributed by atoms with Crippen molar-refractivity contribution in [2.75, 3.05) is 26.2 Å². The van der Waals surface area contributed by atoms with Crippen LogP contribution in [0.4, 0.5) is 0 Å². The molecule has 11 heavy (non-hydrogen) atoms. The van der Waals surface area contributed by atoms with Gasteiger partial charge in [0.2, 0.25) is 0 Å². The Balaban J connectivity index is 2.02. The fraction of sp³-hybridized carbons (Fsp3) is 1.00. The van der Waals surface area contributed by atoms with Crippen LogP contribution >= 0.6 is 0 Å². The van der Waals surface area contributed by atoms with Crippen LogP contribution in [0.25, 0.3) is 0 Å². The van der Waals surface area contributed by atoms with Crippen LogP contribution in [0.15, 0.2) is 0 Å². The SMILES string of the molecule is CCC1NCCOC12CNC2. The van der Waals surface area contributed by atoms with E-state index in [0.717, 1.165) is 26.2 Å². The third-order valence-corrected chi connectivity index (χ3v) is 2.77. The fourth-order valence-electron chi connectivity index (χ4n) is 2.01. The van der Waals surface area contributed by atoms with Crippen LogP contribution in [-0.4, -0.2) is 37.9 Å². The number of hydrogen-bond donors (Lipinski definition) is 2. The first-order valence-corrected chi connectivity index (χ1v) is 4.45. The van der Waals surface area contributed by atoms with Gasteiger partial charge in [-0.2, -0.15) is 0 Å². The largest absolute Gasteiger partial charge is 0.369 e. The molecule has 3 heteroatoms. The summed E-state index contributed by atoms with van der Waals surface area (Å²) in [6.45, 7) is 6.15. The minimum absolute atomic E-state index is 0.146. The van der Waals surface area contributed by atoms with Gasteiger partial charge < -0.3 is 15.4 Å². The molecule has 1 unspecified atom stereocenters. The van der Waals surface area contributed by atoms with Crippen LogP contribution in [-0.2, 0) is 4.74 Å². The summed E-state index contributed by atoms with van der Waals surface area (Å²) >= 11 is 0. The van der Waals surface area contributed by atoms with E-state index in [-0.39, 0.29) is 5.60 Å². The lowest BCUT2D eigenvalue weighted by atomic mass is 9.85. The molecule has 2 saturated heterocycles. The number of morpholine rings is 1. The maximum absolute atomic E-state index is 5.78. The zero-order chi connectivity index (χ0) is 7.73. The first kappa shape index (κ1) is 7.53. The quantitative estimate of drug-likeness (QED) is 0.548. The van der Waals surface area contributed by atoms with Crippen LogP contribution in [0.5, 0.6) is 0 Å². The molecule has 0 aromatic heterocycles. The molecule has 2 rings (SSSR count). The zero-order valence-electron chi connectivity index (χ0n) is 7.02. The van der Waals surface area contributed by atoms with Crippen LogP contribution < -0.4 is 10.6 Å². The van der Waals surface area contributed by atoms with Gasteiger partial charge in [0, 0.05) is 25.7 Å². The van der Waals surface area contributed by atoms with Gasteiger partial charge in [-0.25, -0.2) is 0 Å². The Hall–Kier alpha value is -0.120. The van der Waals surface area contributed by atoms with E-state index < -0.39 is 0 Å². The Morgan fingerprint density at radius 2 is 2.36 bits per heavy atom. The van der Waals surface area contributed by atoms with Crippen molar-refractivity contribution >= 4 is 0 Å². The molecule has 0 bridgehead atoms. The highest BCUT2D eigenvalue weighted by atomic mass is 16.5. The molecule has 0 amide bonds. The smallest absolute Gasteiger partial charge is 0.108 e. The molecule has 0 aliphatic carbocycles. The van der Waals surface area contributed by atoms with Crippen LogP contribution in [0, 0.1) is 0 Å². The molecule has 2 aliphatic rings. The van der Waals surface area contributed by atoms with Crippen molar-refractivity contribution in [3.05, 3.63) is 0 Å². The third-order valence-electron chi connectivity index (χ3n) is 2.77. The second-order valence-corrected chi connectivity index (χ2v) is 3.43. The molecule has 2 heterocycles. The Morgan fingerprint density at radius 1 is 1.55 bits per heavy atom. The number of hydrogen-bond acceptors (Lipinski definition) is 3. The van der Waals surface area contributed by atoms with Crippen molar-refractivity contribution in [1.29, 1.82) is 0 Å². The minimum atomic E-state index is 0.146. The molecule has 64 valence electrons. The molecular formula is C8H16N2O. The summed E-state index contributed by atoms with van der Waals surface area (Å²) in [7, 11) is 0. The predicted molar refractivity (Wildman–Crippen MR) is 43.6 cm³/mol. The summed E-state index contributed by atoms with van der Waals surface area (Å²) in [4.78, 5) is 0. The monoisotopic (exact) mass is 156 g/mol. The molecule has 0 saturated carbocycles. The second kappa shape index (κ2) is 2.73. The van der Waals surface area contributed by atoms with E-state index in [1.165, 1.54) is 6.42 Å². The zero-order valence-corrected chi connectivity index (χ0v) is 7.02. The fourth-order valence-corrected chi connectivity index (χ4v) is 2.01. The van der Waals surface area contributed by atoms with E-state index in [1.54, 1.807) is 0 Å². The molecule has 1 spiro atoms. The van der Waals surface area contributed by atoms with Gasteiger partial charge in [-0.1, -0.05) is 6.92 Å². The summed E-state index contributed by atoms with van der Waals surface area (Å²) in [5, 5.41) is 6.77. The van der Waals surface area contributed by atoms with Crippen LogP contribution in [0.1, 0.15) is 13.3 Å². The van der Waals surface area contributed by atoms with Gasteiger partial charge >= 0.3 is 0 Å². The van der Waals surface area contributed by atoms with Crippen LogP contribution in [0.2, 0.25) is 0 Å². The summed E-state index contributed by atoms with van der Waals surface area (Å²) in [6, 6.07) is 0.567. The van der Waals surface area contributed by atoms with Crippen molar-refractivity contribution in [2.45, 2.75) is 25.0 Å². The molecule has 2 fully saturated rings. The molecule has 0 aromatic rings. The average molecular weight is 156 g/mol. The lowest BCUT2D eigenvalue weighted by molar-refractivity contribution is -0.127. The van der Waals surface area contributed by atoms with Crippen molar-refractivity contribution in [1.82, 2.24) is 10.6 Å². The van der Waals surface area contributed by atoms with E-state index in [1.807, 2.05) is 0 Å². The van der Waals surface area contributed by atoms with Crippen molar-refractivity contribution < 1.29 is 4.74 Å². The van der Waals surface area contributed by atoms with Gasteiger partial charge in [0.15, 0.2) is 0 Å². The molecule has 2 aliphatic heterocycles.